The van der Waals surface area contributed by atoms with Crippen LogP contribution in [0.2, 0.25) is 0 Å². The topological polar surface area (TPSA) is 89.3 Å². The predicted molar refractivity (Wildman–Crippen MR) is 69.8 cm³/mol. The molecule has 1 rings (SSSR count). The fraction of sp³-hybridized carbons (Fsp3) is 0.400. The number of primary sulfonamides is 1. The molecule has 0 spiro atoms. The summed E-state index contributed by atoms with van der Waals surface area (Å²) in [5, 5.41) is 7.51. The monoisotopic (exact) mass is 294 g/mol. The number of anilines is 1. The fourth-order valence-corrected chi connectivity index (χ4v) is 2.03. The number of sulfonamides is 1. The molecule has 1 aromatic rings. The van der Waals surface area contributed by atoms with Crippen LogP contribution in [-0.2, 0) is 20.8 Å². The molecular formula is C10H15FN2O3S2. The standard InChI is InChI=1S/C10H15FN2O3S2/c1-7(17(2)14)6-13-10-4-3-8(5-9(10)11)18(12,15)16/h3-5,7,13H,6H2,1-2H3,(H2,12,15,16). The van der Waals surface area contributed by atoms with Crippen molar-refractivity contribution in [3.8, 4) is 0 Å². The lowest BCUT2D eigenvalue weighted by molar-refractivity contribution is 0.593. The summed E-state index contributed by atoms with van der Waals surface area (Å²) in [7, 11) is -4.91. The molecule has 0 amide bonds. The molecule has 0 aliphatic carbocycles. The Labute approximate surface area is 108 Å². The minimum Gasteiger partial charge on any atom is -0.381 e. The third-order valence-electron chi connectivity index (χ3n) is 2.42. The van der Waals surface area contributed by atoms with Crippen LogP contribution in [0.4, 0.5) is 10.1 Å². The Hall–Kier alpha value is -0.990. The third-order valence-corrected chi connectivity index (χ3v) is 4.63. The van der Waals surface area contributed by atoms with Crippen molar-refractivity contribution >= 4 is 26.5 Å². The molecule has 2 atom stereocenters. The second kappa shape index (κ2) is 5.77. The van der Waals surface area contributed by atoms with Crippen LogP contribution in [-0.4, -0.2) is 30.7 Å². The molecule has 2 unspecified atom stereocenters. The van der Waals surface area contributed by atoms with Gasteiger partial charge in [-0.05, 0) is 25.1 Å². The maximum Gasteiger partial charge on any atom is 0.238 e. The van der Waals surface area contributed by atoms with E-state index in [1.807, 2.05) is 0 Å². The number of rotatable bonds is 5. The van der Waals surface area contributed by atoms with E-state index in [1.165, 1.54) is 12.1 Å². The quantitative estimate of drug-likeness (QED) is 0.834. The highest BCUT2D eigenvalue weighted by Crippen LogP contribution is 2.18. The molecule has 0 aliphatic heterocycles. The van der Waals surface area contributed by atoms with E-state index in [1.54, 1.807) is 13.2 Å². The van der Waals surface area contributed by atoms with E-state index < -0.39 is 26.6 Å². The van der Waals surface area contributed by atoms with E-state index in [0.717, 1.165) is 6.07 Å². The molecule has 0 heterocycles. The summed E-state index contributed by atoms with van der Waals surface area (Å²) >= 11 is 0. The molecule has 5 nitrogen and oxygen atoms in total. The molecule has 8 heteroatoms. The van der Waals surface area contributed by atoms with E-state index in [9.17, 15) is 17.0 Å². The minimum atomic E-state index is -3.90. The normalized spacial score (nSPS) is 15.1. The van der Waals surface area contributed by atoms with E-state index in [4.69, 9.17) is 5.14 Å². The van der Waals surface area contributed by atoms with Crippen LogP contribution in [0.3, 0.4) is 0 Å². The van der Waals surface area contributed by atoms with Gasteiger partial charge in [0.05, 0.1) is 10.6 Å². The van der Waals surface area contributed by atoms with Gasteiger partial charge in [-0.15, -0.1) is 0 Å². The Bertz CT molecular complexity index is 560. The van der Waals surface area contributed by atoms with Gasteiger partial charge in [0, 0.05) is 28.9 Å². The molecule has 0 bridgehead atoms. The Morgan fingerprint density at radius 2 is 2.11 bits per heavy atom. The first kappa shape index (κ1) is 15.1. The molecule has 1 aromatic carbocycles. The van der Waals surface area contributed by atoms with Crippen molar-refractivity contribution in [2.45, 2.75) is 17.1 Å². The van der Waals surface area contributed by atoms with Gasteiger partial charge in [-0.2, -0.15) is 0 Å². The Morgan fingerprint density at radius 1 is 1.50 bits per heavy atom. The molecule has 0 fully saturated rings. The zero-order valence-electron chi connectivity index (χ0n) is 10.0. The fourth-order valence-electron chi connectivity index (χ4n) is 1.19. The zero-order valence-corrected chi connectivity index (χ0v) is 11.6. The second-order valence-corrected chi connectivity index (χ2v) is 7.24. The molecular weight excluding hydrogens is 279 g/mol. The van der Waals surface area contributed by atoms with E-state index in [2.05, 4.69) is 5.32 Å². The van der Waals surface area contributed by atoms with Gasteiger partial charge in [-0.25, -0.2) is 17.9 Å². The van der Waals surface area contributed by atoms with Crippen LogP contribution in [0.1, 0.15) is 6.92 Å². The number of hydrogen-bond donors (Lipinski definition) is 2. The van der Waals surface area contributed by atoms with Crippen LogP contribution >= 0.6 is 0 Å². The van der Waals surface area contributed by atoms with Gasteiger partial charge in [0.15, 0.2) is 0 Å². The van der Waals surface area contributed by atoms with Crippen LogP contribution in [0.25, 0.3) is 0 Å². The highest BCUT2D eigenvalue weighted by molar-refractivity contribution is 7.89. The van der Waals surface area contributed by atoms with Crippen LogP contribution in [0.5, 0.6) is 0 Å². The summed E-state index contributed by atoms with van der Waals surface area (Å²) in [6.07, 6.45) is 1.56. The molecule has 0 saturated heterocycles. The lowest BCUT2D eigenvalue weighted by atomic mass is 10.3. The van der Waals surface area contributed by atoms with Crippen molar-refractivity contribution < 1.29 is 17.0 Å². The summed E-state index contributed by atoms with van der Waals surface area (Å²) in [6, 6.07) is 3.36. The van der Waals surface area contributed by atoms with Crippen molar-refractivity contribution in [3.05, 3.63) is 24.0 Å². The summed E-state index contributed by atoms with van der Waals surface area (Å²) in [5.41, 5.74) is 0.153. The van der Waals surface area contributed by atoms with Crippen LogP contribution in [0.15, 0.2) is 23.1 Å². The summed E-state index contributed by atoms with van der Waals surface area (Å²) < 4.78 is 46.7. The van der Waals surface area contributed by atoms with Crippen molar-refractivity contribution in [1.29, 1.82) is 0 Å². The zero-order chi connectivity index (χ0) is 13.9. The van der Waals surface area contributed by atoms with Crippen molar-refractivity contribution in [3.63, 3.8) is 0 Å². The van der Waals surface area contributed by atoms with Crippen LogP contribution < -0.4 is 10.5 Å². The van der Waals surface area contributed by atoms with E-state index in [0.29, 0.717) is 6.54 Å². The van der Waals surface area contributed by atoms with Gasteiger partial charge in [-0.3, -0.25) is 4.21 Å². The van der Waals surface area contributed by atoms with Crippen molar-refractivity contribution in [1.82, 2.24) is 0 Å². The maximum absolute atomic E-state index is 13.6. The molecule has 0 radical (unpaired) electrons. The maximum atomic E-state index is 13.6. The summed E-state index contributed by atoms with van der Waals surface area (Å²) in [5.74, 6) is -0.712. The number of halogens is 1. The molecule has 3 N–H and O–H groups in total. The first-order chi connectivity index (χ1) is 8.21. The van der Waals surface area contributed by atoms with Gasteiger partial charge in [0.25, 0.3) is 0 Å². The highest BCUT2D eigenvalue weighted by Gasteiger charge is 2.12. The van der Waals surface area contributed by atoms with Crippen LogP contribution in [0, 0.1) is 5.82 Å². The van der Waals surface area contributed by atoms with Gasteiger partial charge in [-0.1, -0.05) is 0 Å². The number of hydrogen-bond acceptors (Lipinski definition) is 4. The average Bonchev–Trinajstić information content (AvgIpc) is 2.25. The van der Waals surface area contributed by atoms with Gasteiger partial charge < -0.3 is 5.32 Å². The first-order valence-corrected chi connectivity index (χ1v) is 8.27. The number of nitrogens with two attached hydrogens (primary N) is 1. The first-order valence-electron chi connectivity index (χ1n) is 5.10. The number of benzene rings is 1. The minimum absolute atomic E-state index is 0.137. The summed E-state index contributed by atoms with van der Waals surface area (Å²) in [4.78, 5) is -0.280. The van der Waals surface area contributed by atoms with Gasteiger partial charge in [0.2, 0.25) is 10.0 Å². The lowest BCUT2D eigenvalue weighted by Gasteiger charge is -2.12. The van der Waals surface area contributed by atoms with Gasteiger partial charge in [0.1, 0.15) is 5.82 Å². The van der Waals surface area contributed by atoms with E-state index in [-0.39, 0.29) is 15.8 Å². The third kappa shape index (κ3) is 4.04. The Balaban J connectivity index is 2.84. The molecule has 0 aliphatic rings. The molecule has 18 heavy (non-hydrogen) atoms. The van der Waals surface area contributed by atoms with Crippen molar-refractivity contribution in [2.75, 3.05) is 18.1 Å². The SMILES string of the molecule is CC(CNc1ccc(S(N)(=O)=O)cc1F)S(C)=O. The smallest absolute Gasteiger partial charge is 0.238 e. The van der Waals surface area contributed by atoms with Gasteiger partial charge >= 0.3 is 0 Å². The highest BCUT2D eigenvalue weighted by atomic mass is 32.2. The molecule has 0 saturated carbocycles. The molecule has 0 aromatic heterocycles. The van der Waals surface area contributed by atoms with Crippen molar-refractivity contribution in [2.24, 2.45) is 5.14 Å². The summed E-state index contributed by atoms with van der Waals surface area (Å²) in [6.45, 7) is 2.09. The Kier molecular flexibility index (Phi) is 4.83. The molecule has 102 valence electrons. The second-order valence-electron chi connectivity index (χ2n) is 3.88. The Morgan fingerprint density at radius 3 is 2.56 bits per heavy atom. The largest absolute Gasteiger partial charge is 0.381 e. The average molecular weight is 294 g/mol. The number of nitrogens with one attached hydrogen (secondary N) is 1. The predicted octanol–water partition coefficient (Wildman–Crippen LogP) is 0.652. The van der Waals surface area contributed by atoms with E-state index >= 15 is 0 Å². The lowest BCUT2D eigenvalue weighted by Crippen LogP contribution is -2.21.